The molecule has 2 aliphatic rings. The van der Waals surface area contributed by atoms with Crippen molar-refractivity contribution in [2.75, 3.05) is 20.0 Å². The highest BCUT2D eigenvalue weighted by Crippen LogP contribution is 2.32. The number of carbonyl (C=O) groups excluding carboxylic acids is 2. The number of hydrogen-bond acceptors (Lipinski definition) is 6. The molecule has 0 atom stereocenters. The number of Topliss-reactive ketones (excluding diaryl/α,β-unsaturated/α-hetero) is 1. The predicted molar refractivity (Wildman–Crippen MR) is 87.8 cm³/mol. The molecule has 0 fully saturated rings. The minimum absolute atomic E-state index is 0.119. The van der Waals surface area contributed by atoms with Crippen LogP contribution in [0, 0.1) is 0 Å². The van der Waals surface area contributed by atoms with Crippen LogP contribution >= 0.6 is 0 Å². The molecule has 0 unspecified atom stereocenters. The molecule has 0 amide bonds. The fourth-order valence-electron chi connectivity index (χ4n) is 2.61. The van der Waals surface area contributed by atoms with Crippen molar-refractivity contribution < 1.29 is 28.5 Å². The van der Waals surface area contributed by atoms with Gasteiger partial charge in [0.1, 0.15) is 12.4 Å². The van der Waals surface area contributed by atoms with Crippen LogP contribution in [0.2, 0.25) is 0 Å². The van der Waals surface area contributed by atoms with Gasteiger partial charge in [0, 0.05) is 11.1 Å². The first-order chi connectivity index (χ1) is 12.2. The van der Waals surface area contributed by atoms with Gasteiger partial charge in [-0.15, -0.1) is 0 Å². The van der Waals surface area contributed by atoms with Crippen LogP contribution in [0.4, 0.5) is 0 Å². The van der Waals surface area contributed by atoms with E-state index >= 15 is 0 Å². The Morgan fingerprint density at radius 1 is 0.960 bits per heavy atom. The number of benzene rings is 2. The van der Waals surface area contributed by atoms with Gasteiger partial charge in [0.05, 0.1) is 5.57 Å². The molecule has 0 aliphatic carbocycles. The van der Waals surface area contributed by atoms with E-state index in [4.69, 9.17) is 18.9 Å². The van der Waals surface area contributed by atoms with Gasteiger partial charge in [-0.1, -0.05) is 18.2 Å². The third-order valence-electron chi connectivity index (χ3n) is 3.92. The number of hydrogen-bond donors (Lipinski definition) is 0. The molecule has 0 bridgehead atoms. The predicted octanol–water partition coefficient (Wildman–Crippen LogP) is 2.62. The minimum atomic E-state index is -0.566. The second kappa shape index (κ2) is 6.32. The molecule has 0 spiro atoms. The molecule has 0 saturated heterocycles. The van der Waals surface area contributed by atoms with E-state index in [1.807, 2.05) is 24.3 Å². The lowest BCUT2D eigenvalue weighted by molar-refractivity contribution is -0.138. The van der Waals surface area contributed by atoms with E-state index < -0.39 is 5.97 Å². The molecule has 126 valence electrons. The molecule has 0 aromatic heterocycles. The van der Waals surface area contributed by atoms with Gasteiger partial charge in [0.25, 0.3) is 0 Å². The van der Waals surface area contributed by atoms with E-state index in [0.717, 1.165) is 11.3 Å². The van der Waals surface area contributed by atoms with Crippen molar-refractivity contribution in [3.63, 3.8) is 0 Å². The zero-order chi connectivity index (χ0) is 17.2. The zero-order valence-corrected chi connectivity index (χ0v) is 13.2. The van der Waals surface area contributed by atoms with Crippen LogP contribution in [0.15, 0.2) is 48.0 Å². The summed E-state index contributed by atoms with van der Waals surface area (Å²) in [7, 11) is 0. The van der Waals surface area contributed by atoms with Gasteiger partial charge in [-0.2, -0.15) is 0 Å². The largest absolute Gasteiger partial charge is 0.488 e. The third kappa shape index (κ3) is 3.06. The van der Waals surface area contributed by atoms with Crippen molar-refractivity contribution in [1.82, 2.24) is 0 Å². The van der Waals surface area contributed by atoms with E-state index in [9.17, 15) is 9.59 Å². The van der Waals surface area contributed by atoms with Crippen molar-refractivity contribution in [2.45, 2.75) is 0 Å². The number of esters is 1. The molecular weight excluding hydrogens is 324 g/mol. The van der Waals surface area contributed by atoms with Crippen molar-refractivity contribution in [2.24, 2.45) is 0 Å². The monoisotopic (exact) mass is 338 g/mol. The zero-order valence-electron chi connectivity index (χ0n) is 13.2. The van der Waals surface area contributed by atoms with Gasteiger partial charge < -0.3 is 18.9 Å². The quantitative estimate of drug-likeness (QED) is 0.630. The maximum absolute atomic E-state index is 12.2. The molecule has 2 aromatic carbocycles. The summed E-state index contributed by atoms with van der Waals surface area (Å²) in [6.45, 7) is -0.0941. The molecule has 2 heterocycles. The molecule has 4 rings (SSSR count). The average Bonchev–Trinajstić information content (AvgIpc) is 3.13. The Kier molecular flexibility index (Phi) is 3.85. The molecule has 2 aliphatic heterocycles. The maximum atomic E-state index is 12.2. The highest BCUT2D eigenvalue weighted by molar-refractivity contribution is 6.01. The molecule has 0 N–H and O–H groups in total. The van der Waals surface area contributed by atoms with Crippen molar-refractivity contribution in [3.05, 3.63) is 59.2 Å². The first-order valence-electron chi connectivity index (χ1n) is 7.73. The Bertz CT molecular complexity index is 883. The van der Waals surface area contributed by atoms with E-state index in [1.165, 1.54) is 0 Å². The van der Waals surface area contributed by atoms with Crippen LogP contribution in [-0.4, -0.2) is 31.8 Å². The lowest BCUT2D eigenvalue weighted by Gasteiger charge is -2.16. The smallest absolute Gasteiger partial charge is 0.337 e. The molecule has 0 saturated carbocycles. The number of ether oxygens (including phenoxy) is 4. The topological polar surface area (TPSA) is 71.1 Å². The minimum Gasteiger partial charge on any atom is -0.488 e. The number of para-hydroxylation sites is 1. The lowest BCUT2D eigenvalue weighted by atomic mass is 10.1. The Labute approximate surface area is 143 Å². The molecule has 6 heteroatoms. The highest BCUT2D eigenvalue weighted by Gasteiger charge is 2.21. The van der Waals surface area contributed by atoms with Crippen molar-refractivity contribution >= 4 is 17.8 Å². The summed E-state index contributed by atoms with van der Waals surface area (Å²) in [5.41, 5.74) is 1.58. The van der Waals surface area contributed by atoms with Crippen LogP contribution in [-0.2, 0) is 9.53 Å². The van der Waals surface area contributed by atoms with Gasteiger partial charge in [-0.3, -0.25) is 4.79 Å². The van der Waals surface area contributed by atoms with Gasteiger partial charge in [0.2, 0.25) is 6.79 Å². The third-order valence-corrected chi connectivity index (χ3v) is 3.92. The van der Waals surface area contributed by atoms with E-state index in [1.54, 1.807) is 24.3 Å². The summed E-state index contributed by atoms with van der Waals surface area (Å²) in [6, 6.07) is 12.2. The van der Waals surface area contributed by atoms with Gasteiger partial charge >= 0.3 is 5.97 Å². The second-order valence-corrected chi connectivity index (χ2v) is 5.56. The van der Waals surface area contributed by atoms with Gasteiger partial charge in [0.15, 0.2) is 23.9 Å². The number of ketones is 1. The summed E-state index contributed by atoms with van der Waals surface area (Å²) < 4.78 is 21.1. The number of rotatable bonds is 4. The van der Waals surface area contributed by atoms with Crippen molar-refractivity contribution in [3.8, 4) is 17.2 Å². The first kappa shape index (κ1) is 15.3. The maximum Gasteiger partial charge on any atom is 0.337 e. The van der Waals surface area contributed by atoms with Crippen LogP contribution in [0.3, 0.4) is 0 Å². The van der Waals surface area contributed by atoms with Gasteiger partial charge in [-0.05, 0) is 30.3 Å². The molecule has 25 heavy (non-hydrogen) atoms. The summed E-state index contributed by atoms with van der Waals surface area (Å²) in [5, 5.41) is 0. The van der Waals surface area contributed by atoms with Crippen LogP contribution in [0.1, 0.15) is 15.9 Å². The lowest BCUT2D eigenvalue weighted by Crippen LogP contribution is -2.20. The van der Waals surface area contributed by atoms with Gasteiger partial charge in [-0.25, -0.2) is 4.79 Å². The Morgan fingerprint density at radius 3 is 2.72 bits per heavy atom. The van der Waals surface area contributed by atoms with Crippen molar-refractivity contribution in [1.29, 1.82) is 0 Å². The van der Waals surface area contributed by atoms with E-state index in [0.29, 0.717) is 22.6 Å². The SMILES string of the molecule is O=C(OCC(=O)c1ccc2c(c1)OCO2)C1=Cc2ccccc2OC1. The molecule has 0 radical (unpaired) electrons. The van der Waals surface area contributed by atoms with Crippen LogP contribution in [0.5, 0.6) is 17.2 Å². The highest BCUT2D eigenvalue weighted by atomic mass is 16.7. The molecule has 6 nitrogen and oxygen atoms in total. The number of fused-ring (bicyclic) bond motifs is 2. The first-order valence-corrected chi connectivity index (χ1v) is 7.73. The standard InChI is InChI=1S/C19H14O6/c20-15(12-5-6-17-18(8-12)25-11-24-17)10-23-19(21)14-7-13-3-1-2-4-16(13)22-9-14/h1-8H,9-11H2. The van der Waals surface area contributed by atoms with Crippen LogP contribution in [0.25, 0.3) is 6.08 Å². The normalized spacial score (nSPS) is 14.2. The summed E-state index contributed by atoms with van der Waals surface area (Å²) in [6.07, 6.45) is 1.71. The second-order valence-electron chi connectivity index (χ2n) is 5.56. The Balaban J connectivity index is 1.41. The average molecular weight is 338 g/mol. The fourth-order valence-corrected chi connectivity index (χ4v) is 2.61. The summed E-state index contributed by atoms with van der Waals surface area (Å²) >= 11 is 0. The fraction of sp³-hybridized carbons (Fsp3) is 0.158. The number of carbonyl (C=O) groups is 2. The summed E-state index contributed by atoms with van der Waals surface area (Å²) in [4.78, 5) is 24.4. The summed E-state index contributed by atoms with van der Waals surface area (Å²) in [5.74, 6) is 0.942. The van der Waals surface area contributed by atoms with Crippen LogP contribution < -0.4 is 14.2 Å². The Morgan fingerprint density at radius 2 is 1.80 bits per heavy atom. The molecule has 2 aromatic rings. The molecular formula is C19H14O6. The van der Waals surface area contributed by atoms with E-state index in [2.05, 4.69) is 0 Å². The van der Waals surface area contributed by atoms with E-state index in [-0.39, 0.29) is 25.8 Å². The Hall–Kier alpha value is -3.28.